The summed E-state index contributed by atoms with van der Waals surface area (Å²) >= 11 is 0. The lowest BCUT2D eigenvalue weighted by Crippen LogP contribution is -2.44. The van der Waals surface area contributed by atoms with E-state index >= 15 is 8.78 Å². The molecule has 0 saturated heterocycles. The van der Waals surface area contributed by atoms with E-state index in [1.54, 1.807) is 18.3 Å². The van der Waals surface area contributed by atoms with E-state index in [-0.39, 0.29) is 16.8 Å². The van der Waals surface area contributed by atoms with E-state index in [1.807, 2.05) is 19.0 Å². The van der Waals surface area contributed by atoms with E-state index in [9.17, 15) is 9.90 Å². The standard InChI is InChI=1S/C25H22BF2N5O3/c1-32(2)8-9-36-21-6-5-15(17-12-30-31-22(17)21)14-10-19(27)18(20(28)11-14)13-33-24(34)16-4-3-7-29-23(16)25(33,26)35/h3-7,10-12,35H,8-9,13H2,1-2H3,(H,30,31). The molecule has 2 N–H and O–H groups in total. The Labute approximate surface area is 206 Å². The topological polar surface area (TPSA) is 94.6 Å². The highest BCUT2D eigenvalue weighted by atomic mass is 19.1. The van der Waals surface area contributed by atoms with Gasteiger partial charge in [-0.2, -0.15) is 5.10 Å². The number of hydrogen-bond donors (Lipinski definition) is 2. The van der Waals surface area contributed by atoms with Crippen LogP contribution in [0.15, 0.2) is 48.8 Å². The number of carbonyl (C=O) groups is 1. The second kappa shape index (κ2) is 9.00. The molecule has 2 aromatic carbocycles. The highest BCUT2D eigenvalue weighted by Gasteiger charge is 2.46. The van der Waals surface area contributed by atoms with Gasteiger partial charge in [0.05, 0.1) is 24.0 Å². The molecule has 1 atom stereocenters. The molecule has 2 aromatic heterocycles. The number of hydrogen-bond acceptors (Lipinski definition) is 6. The number of pyridine rings is 1. The number of rotatable bonds is 7. The number of halogens is 2. The Morgan fingerprint density at radius 3 is 2.64 bits per heavy atom. The summed E-state index contributed by atoms with van der Waals surface area (Å²) in [5.74, 6) is -1.87. The first-order chi connectivity index (χ1) is 17.2. The number of amides is 1. The summed E-state index contributed by atoms with van der Waals surface area (Å²) in [4.78, 5) is 19.5. The molecule has 8 nitrogen and oxygen atoms in total. The van der Waals surface area contributed by atoms with E-state index in [4.69, 9.17) is 12.6 Å². The fourth-order valence-electron chi connectivity index (χ4n) is 4.28. The fourth-order valence-corrected chi connectivity index (χ4v) is 4.28. The van der Waals surface area contributed by atoms with Crippen molar-refractivity contribution < 1.29 is 23.4 Å². The van der Waals surface area contributed by atoms with Crippen LogP contribution < -0.4 is 4.74 Å². The lowest BCUT2D eigenvalue weighted by molar-refractivity contribution is -0.0231. The van der Waals surface area contributed by atoms with Gasteiger partial charge in [0.15, 0.2) is 7.85 Å². The number of aliphatic hydroxyl groups is 1. The van der Waals surface area contributed by atoms with Crippen LogP contribution in [-0.4, -0.2) is 71.1 Å². The van der Waals surface area contributed by atoms with Crippen LogP contribution in [0.4, 0.5) is 8.78 Å². The second-order valence-electron chi connectivity index (χ2n) is 8.86. The summed E-state index contributed by atoms with van der Waals surface area (Å²) in [6, 6.07) is 8.74. The van der Waals surface area contributed by atoms with Crippen LogP contribution in [0.1, 0.15) is 21.6 Å². The maximum Gasteiger partial charge on any atom is 0.258 e. The molecule has 0 spiro atoms. The molecule has 1 amide bonds. The molecule has 1 unspecified atom stereocenters. The molecule has 182 valence electrons. The first kappa shape index (κ1) is 23.9. The molecule has 2 radical (unpaired) electrons. The number of ether oxygens (including phenoxy) is 1. The van der Waals surface area contributed by atoms with Gasteiger partial charge in [0.25, 0.3) is 5.91 Å². The zero-order valence-corrected chi connectivity index (χ0v) is 19.6. The van der Waals surface area contributed by atoms with Gasteiger partial charge in [0.1, 0.15) is 35.1 Å². The summed E-state index contributed by atoms with van der Waals surface area (Å²) < 4.78 is 36.3. The van der Waals surface area contributed by atoms with Gasteiger partial charge in [-0.05, 0) is 61.6 Å². The quantitative estimate of drug-likeness (QED) is 0.388. The summed E-state index contributed by atoms with van der Waals surface area (Å²) in [6.45, 7) is 0.592. The third-order valence-corrected chi connectivity index (χ3v) is 6.18. The molecule has 5 rings (SSSR count). The molecule has 0 fully saturated rings. The number of carbonyl (C=O) groups excluding carboxylic acids is 1. The van der Waals surface area contributed by atoms with E-state index in [0.717, 1.165) is 4.90 Å². The van der Waals surface area contributed by atoms with E-state index in [0.29, 0.717) is 35.4 Å². The molecular formula is C25H22BF2N5O3. The zero-order chi connectivity index (χ0) is 25.6. The lowest BCUT2D eigenvalue weighted by Gasteiger charge is -2.31. The third-order valence-electron chi connectivity index (χ3n) is 6.18. The number of benzene rings is 2. The number of nitrogens with zero attached hydrogens (tertiary/aromatic N) is 4. The molecule has 11 heteroatoms. The minimum Gasteiger partial charge on any atom is -0.490 e. The third kappa shape index (κ3) is 4.00. The van der Waals surface area contributed by atoms with Crippen LogP contribution in [0.5, 0.6) is 5.75 Å². The Kier molecular flexibility index (Phi) is 5.97. The van der Waals surface area contributed by atoms with Crippen molar-refractivity contribution in [3.63, 3.8) is 0 Å². The maximum absolute atomic E-state index is 15.2. The van der Waals surface area contributed by atoms with Crippen LogP contribution in [0.25, 0.3) is 22.0 Å². The average molecular weight is 489 g/mol. The van der Waals surface area contributed by atoms with Gasteiger partial charge >= 0.3 is 0 Å². The van der Waals surface area contributed by atoms with Gasteiger partial charge in [-0.3, -0.25) is 14.9 Å². The first-order valence-corrected chi connectivity index (χ1v) is 11.2. The maximum atomic E-state index is 15.2. The molecule has 0 saturated carbocycles. The van der Waals surface area contributed by atoms with Crippen molar-refractivity contribution in [3.8, 4) is 16.9 Å². The Hall–Kier alpha value is -3.83. The van der Waals surface area contributed by atoms with E-state index in [1.165, 1.54) is 30.5 Å². The Bertz CT molecular complexity index is 1450. The van der Waals surface area contributed by atoms with Crippen molar-refractivity contribution in [2.75, 3.05) is 27.2 Å². The van der Waals surface area contributed by atoms with Crippen molar-refractivity contribution in [2.45, 2.75) is 12.2 Å². The minimum atomic E-state index is -2.30. The molecule has 3 heterocycles. The van der Waals surface area contributed by atoms with Crippen LogP contribution in [0.2, 0.25) is 0 Å². The van der Waals surface area contributed by atoms with Crippen LogP contribution >= 0.6 is 0 Å². The van der Waals surface area contributed by atoms with E-state index in [2.05, 4.69) is 15.2 Å². The molecule has 1 aliphatic rings. The van der Waals surface area contributed by atoms with E-state index < -0.39 is 35.3 Å². The average Bonchev–Trinajstić information content (AvgIpc) is 3.39. The van der Waals surface area contributed by atoms with Crippen molar-refractivity contribution in [1.82, 2.24) is 25.0 Å². The summed E-state index contributed by atoms with van der Waals surface area (Å²) in [7, 11) is 9.81. The first-order valence-electron chi connectivity index (χ1n) is 11.2. The molecule has 0 aliphatic carbocycles. The molecule has 36 heavy (non-hydrogen) atoms. The van der Waals surface area contributed by atoms with Crippen LogP contribution in [0, 0.1) is 11.6 Å². The number of fused-ring (bicyclic) bond motifs is 2. The lowest BCUT2D eigenvalue weighted by atomic mass is 9.87. The molecule has 1 aliphatic heterocycles. The van der Waals surface area contributed by atoms with Gasteiger partial charge in [0.2, 0.25) is 0 Å². The highest BCUT2D eigenvalue weighted by Crippen LogP contribution is 2.37. The number of H-pyrrole nitrogens is 1. The normalized spacial score (nSPS) is 17.3. The predicted octanol–water partition coefficient (Wildman–Crippen LogP) is 2.77. The minimum absolute atomic E-state index is 0.0670. The smallest absolute Gasteiger partial charge is 0.258 e. The van der Waals surface area contributed by atoms with Gasteiger partial charge in [-0.1, -0.05) is 0 Å². The van der Waals surface area contributed by atoms with Crippen LogP contribution in [-0.2, 0) is 12.2 Å². The second-order valence-corrected chi connectivity index (χ2v) is 8.86. The van der Waals surface area contributed by atoms with Gasteiger partial charge < -0.3 is 19.6 Å². The molecule has 4 aromatic rings. The highest BCUT2D eigenvalue weighted by molar-refractivity contribution is 6.19. The molecular weight excluding hydrogens is 467 g/mol. The van der Waals surface area contributed by atoms with Gasteiger partial charge in [0, 0.05) is 23.7 Å². The number of aromatic nitrogens is 3. The fraction of sp³-hybridized carbons (Fsp3) is 0.240. The number of nitrogens with one attached hydrogen (secondary N) is 1. The predicted molar refractivity (Wildman–Crippen MR) is 129 cm³/mol. The zero-order valence-electron chi connectivity index (χ0n) is 19.6. The number of aromatic amines is 1. The van der Waals surface area contributed by atoms with Crippen molar-refractivity contribution in [2.24, 2.45) is 0 Å². The molecule has 0 bridgehead atoms. The largest absolute Gasteiger partial charge is 0.490 e. The summed E-state index contributed by atoms with van der Waals surface area (Å²) in [5, 5.41) is 18.3. The van der Waals surface area contributed by atoms with Gasteiger partial charge in [-0.25, -0.2) is 8.78 Å². The Morgan fingerprint density at radius 2 is 1.94 bits per heavy atom. The van der Waals surface area contributed by atoms with Gasteiger partial charge in [-0.15, -0.1) is 0 Å². The number of likely N-dealkylation sites (N-methyl/N-ethyl adjacent to an activating group) is 1. The summed E-state index contributed by atoms with van der Waals surface area (Å²) in [6.07, 6.45) is 2.94. The van der Waals surface area contributed by atoms with Crippen LogP contribution in [0.3, 0.4) is 0 Å². The van der Waals surface area contributed by atoms with Crippen molar-refractivity contribution in [3.05, 3.63) is 77.2 Å². The monoisotopic (exact) mass is 489 g/mol. The summed E-state index contributed by atoms with van der Waals surface area (Å²) in [5.41, 5.74) is -1.25. The SMILES string of the molecule is [B]C1(O)c2ncccc2C(=O)N1Cc1c(F)cc(-c2ccc(OCCN(C)C)c3[nH]ncc23)cc1F. The Morgan fingerprint density at radius 1 is 1.19 bits per heavy atom. The van der Waals surface area contributed by atoms with Crippen molar-refractivity contribution >= 4 is 24.7 Å². The Balaban J connectivity index is 1.46. The van der Waals surface area contributed by atoms with Crippen molar-refractivity contribution in [1.29, 1.82) is 0 Å².